The molecule has 1 amide bonds. The van der Waals surface area contributed by atoms with Crippen molar-refractivity contribution < 1.29 is 4.79 Å². The summed E-state index contributed by atoms with van der Waals surface area (Å²) in [6.45, 7) is 3.61. The van der Waals surface area contributed by atoms with E-state index in [0.29, 0.717) is 6.41 Å². The van der Waals surface area contributed by atoms with Crippen molar-refractivity contribution in [2.75, 3.05) is 4.90 Å². The summed E-state index contributed by atoms with van der Waals surface area (Å²) in [4.78, 5) is 12.3. The second-order valence-electron chi connectivity index (χ2n) is 3.10. The summed E-state index contributed by atoms with van der Waals surface area (Å²) in [7, 11) is 0. The van der Waals surface area contributed by atoms with Crippen LogP contribution in [0.3, 0.4) is 0 Å². The lowest BCUT2D eigenvalue weighted by atomic mass is 10.1. The number of carbonyl (C=O) groups is 1. The number of hydrogen-bond acceptors (Lipinski definition) is 2. The maximum atomic E-state index is 10.8. The summed E-state index contributed by atoms with van der Waals surface area (Å²) in [5.41, 5.74) is 1.78. The molecule has 0 aromatic heterocycles. The van der Waals surface area contributed by atoms with E-state index in [9.17, 15) is 4.79 Å². The van der Waals surface area contributed by atoms with Gasteiger partial charge in [-0.3, -0.25) is 9.69 Å². The quantitative estimate of drug-likeness (QED) is 0.679. The SMILES string of the molecule is Cc1ccccc1N(C=O)C(C)C#N. The zero-order chi connectivity index (χ0) is 10.6. The third-order valence-corrected chi connectivity index (χ3v) is 2.11. The minimum absolute atomic E-state index is 0.436. The Hall–Kier alpha value is -1.82. The number of amides is 1. The molecule has 0 aliphatic heterocycles. The molecule has 1 aromatic carbocycles. The molecule has 0 aliphatic carbocycles. The largest absolute Gasteiger partial charge is 0.298 e. The first-order valence-electron chi connectivity index (χ1n) is 4.39. The number of carbonyl (C=O) groups excluding carboxylic acids is 1. The molecule has 1 unspecified atom stereocenters. The molecule has 1 atom stereocenters. The maximum absolute atomic E-state index is 10.8. The van der Waals surface area contributed by atoms with Gasteiger partial charge < -0.3 is 0 Å². The molecule has 0 saturated heterocycles. The Morgan fingerprint density at radius 2 is 2.14 bits per heavy atom. The molecule has 3 nitrogen and oxygen atoms in total. The smallest absolute Gasteiger partial charge is 0.215 e. The van der Waals surface area contributed by atoms with E-state index in [4.69, 9.17) is 5.26 Å². The molecule has 0 heterocycles. The predicted molar refractivity (Wildman–Crippen MR) is 54.8 cm³/mol. The molecule has 3 heteroatoms. The molecule has 14 heavy (non-hydrogen) atoms. The van der Waals surface area contributed by atoms with Crippen LogP contribution in [-0.2, 0) is 4.79 Å². The van der Waals surface area contributed by atoms with Gasteiger partial charge in [0.25, 0.3) is 0 Å². The van der Waals surface area contributed by atoms with Gasteiger partial charge in [0.1, 0.15) is 6.04 Å². The topological polar surface area (TPSA) is 44.1 Å². The van der Waals surface area contributed by atoms with Crippen LogP contribution >= 0.6 is 0 Å². The standard InChI is InChI=1S/C11H12N2O/c1-9-5-3-4-6-11(9)13(8-14)10(2)7-12/h3-6,8,10H,1-2H3. The Balaban J connectivity index is 3.08. The van der Waals surface area contributed by atoms with Crippen molar-refractivity contribution in [3.05, 3.63) is 29.8 Å². The van der Waals surface area contributed by atoms with Crippen molar-refractivity contribution >= 4 is 12.1 Å². The fourth-order valence-corrected chi connectivity index (χ4v) is 1.27. The predicted octanol–water partition coefficient (Wildman–Crippen LogP) is 1.87. The van der Waals surface area contributed by atoms with Gasteiger partial charge in [0.2, 0.25) is 6.41 Å². The summed E-state index contributed by atoms with van der Waals surface area (Å²) in [5.74, 6) is 0. The number of para-hydroxylation sites is 1. The van der Waals surface area contributed by atoms with E-state index in [0.717, 1.165) is 11.3 Å². The molecule has 1 aromatic rings. The highest BCUT2D eigenvalue weighted by molar-refractivity contribution is 5.78. The van der Waals surface area contributed by atoms with Gasteiger partial charge in [-0.25, -0.2) is 0 Å². The Bertz CT molecular complexity index is 368. The van der Waals surface area contributed by atoms with Crippen molar-refractivity contribution in [2.24, 2.45) is 0 Å². The monoisotopic (exact) mass is 188 g/mol. The second-order valence-corrected chi connectivity index (χ2v) is 3.10. The number of anilines is 1. The average Bonchev–Trinajstić information content (AvgIpc) is 2.21. The highest BCUT2D eigenvalue weighted by Crippen LogP contribution is 2.19. The van der Waals surface area contributed by atoms with E-state index in [2.05, 4.69) is 0 Å². The molecule has 72 valence electrons. The molecule has 0 aliphatic rings. The molecule has 0 spiro atoms. The van der Waals surface area contributed by atoms with Crippen LogP contribution in [0.2, 0.25) is 0 Å². The summed E-state index contributed by atoms with van der Waals surface area (Å²) in [6, 6.07) is 9.10. The van der Waals surface area contributed by atoms with Crippen LogP contribution in [0.25, 0.3) is 0 Å². The number of rotatable bonds is 3. The Labute approximate surface area is 83.6 Å². The second kappa shape index (κ2) is 4.43. The van der Waals surface area contributed by atoms with E-state index in [1.54, 1.807) is 6.92 Å². The van der Waals surface area contributed by atoms with Crippen LogP contribution in [0.15, 0.2) is 24.3 Å². The lowest BCUT2D eigenvalue weighted by Gasteiger charge is -2.21. The minimum atomic E-state index is -0.436. The van der Waals surface area contributed by atoms with E-state index in [-0.39, 0.29) is 0 Å². The molecule has 0 N–H and O–H groups in total. The normalized spacial score (nSPS) is 11.5. The van der Waals surface area contributed by atoms with Gasteiger partial charge >= 0.3 is 0 Å². The molecular formula is C11H12N2O. The van der Waals surface area contributed by atoms with Crippen LogP contribution in [0.5, 0.6) is 0 Å². The lowest BCUT2D eigenvalue weighted by Crippen LogP contribution is -2.30. The highest BCUT2D eigenvalue weighted by atomic mass is 16.1. The first-order chi connectivity index (χ1) is 6.70. The summed E-state index contributed by atoms with van der Waals surface area (Å²) in [5, 5.41) is 8.74. The van der Waals surface area contributed by atoms with Crippen LogP contribution in [0.4, 0.5) is 5.69 Å². The molecule has 0 saturated carbocycles. The van der Waals surface area contributed by atoms with Crippen molar-refractivity contribution in [1.82, 2.24) is 0 Å². The number of hydrogen-bond donors (Lipinski definition) is 0. The number of nitriles is 1. The van der Waals surface area contributed by atoms with Crippen molar-refractivity contribution in [2.45, 2.75) is 19.9 Å². The van der Waals surface area contributed by atoms with Crippen LogP contribution < -0.4 is 4.90 Å². The fourth-order valence-electron chi connectivity index (χ4n) is 1.27. The van der Waals surface area contributed by atoms with E-state index in [1.165, 1.54) is 4.90 Å². The molecule has 0 fully saturated rings. The average molecular weight is 188 g/mol. The molecule has 0 radical (unpaired) electrons. The third kappa shape index (κ3) is 1.91. The summed E-state index contributed by atoms with van der Waals surface area (Å²) in [6.07, 6.45) is 0.691. The van der Waals surface area contributed by atoms with Crippen molar-refractivity contribution in [3.8, 4) is 6.07 Å². The minimum Gasteiger partial charge on any atom is -0.298 e. The number of aryl methyl sites for hydroxylation is 1. The third-order valence-electron chi connectivity index (χ3n) is 2.11. The van der Waals surface area contributed by atoms with Gasteiger partial charge in [-0.15, -0.1) is 0 Å². The first-order valence-corrected chi connectivity index (χ1v) is 4.39. The van der Waals surface area contributed by atoms with Crippen LogP contribution in [-0.4, -0.2) is 12.5 Å². The summed E-state index contributed by atoms with van der Waals surface area (Å²) < 4.78 is 0. The first kappa shape index (κ1) is 10.3. The summed E-state index contributed by atoms with van der Waals surface area (Å²) >= 11 is 0. The molecule has 0 bridgehead atoms. The highest BCUT2D eigenvalue weighted by Gasteiger charge is 2.13. The van der Waals surface area contributed by atoms with Crippen molar-refractivity contribution in [1.29, 1.82) is 5.26 Å². The van der Waals surface area contributed by atoms with E-state index >= 15 is 0 Å². The molecular weight excluding hydrogens is 176 g/mol. The van der Waals surface area contributed by atoms with Crippen LogP contribution in [0.1, 0.15) is 12.5 Å². The Kier molecular flexibility index (Phi) is 3.24. The number of benzene rings is 1. The van der Waals surface area contributed by atoms with Gasteiger partial charge in [-0.05, 0) is 25.5 Å². The zero-order valence-electron chi connectivity index (χ0n) is 8.27. The van der Waals surface area contributed by atoms with Crippen LogP contribution in [0, 0.1) is 18.3 Å². The van der Waals surface area contributed by atoms with Crippen molar-refractivity contribution in [3.63, 3.8) is 0 Å². The van der Waals surface area contributed by atoms with E-state index < -0.39 is 6.04 Å². The van der Waals surface area contributed by atoms with Gasteiger partial charge in [-0.1, -0.05) is 18.2 Å². The molecule has 1 rings (SSSR count). The lowest BCUT2D eigenvalue weighted by molar-refractivity contribution is -0.107. The van der Waals surface area contributed by atoms with Gasteiger partial charge in [0.15, 0.2) is 0 Å². The maximum Gasteiger partial charge on any atom is 0.215 e. The Morgan fingerprint density at radius 1 is 1.50 bits per heavy atom. The van der Waals surface area contributed by atoms with Gasteiger partial charge in [-0.2, -0.15) is 5.26 Å². The Morgan fingerprint density at radius 3 is 2.64 bits per heavy atom. The van der Waals surface area contributed by atoms with Gasteiger partial charge in [0, 0.05) is 5.69 Å². The zero-order valence-corrected chi connectivity index (χ0v) is 8.27. The van der Waals surface area contributed by atoms with E-state index in [1.807, 2.05) is 37.3 Å². The fraction of sp³-hybridized carbons (Fsp3) is 0.273. The van der Waals surface area contributed by atoms with Gasteiger partial charge in [0.05, 0.1) is 6.07 Å². The number of nitrogens with zero attached hydrogens (tertiary/aromatic N) is 2.